The van der Waals surface area contributed by atoms with Crippen LogP contribution in [0.2, 0.25) is 0 Å². The predicted octanol–water partition coefficient (Wildman–Crippen LogP) is 1.46. The number of allylic oxidation sites excluding steroid dienone is 2. The zero-order valence-electron chi connectivity index (χ0n) is 8.97. The van der Waals surface area contributed by atoms with Gasteiger partial charge < -0.3 is 4.90 Å². The predicted molar refractivity (Wildman–Crippen MR) is 61.5 cm³/mol. The average Bonchev–Trinajstić information content (AvgIpc) is 2.23. The van der Waals surface area contributed by atoms with Gasteiger partial charge in [-0.1, -0.05) is 6.07 Å². The summed E-state index contributed by atoms with van der Waals surface area (Å²) in [5.41, 5.74) is 2.05. The molecule has 1 aliphatic heterocycles. The van der Waals surface area contributed by atoms with Crippen LogP contribution < -0.4 is 5.56 Å². The van der Waals surface area contributed by atoms with E-state index in [9.17, 15) is 4.79 Å². The normalized spacial score (nSPS) is 15.3. The first-order valence-electron chi connectivity index (χ1n) is 4.95. The van der Waals surface area contributed by atoms with Crippen LogP contribution in [0.5, 0.6) is 0 Å². The lowest BCUT2D eigenvalue weighted by molar-refractivity contribution is 0.504. The molecule has 0 spiro atoms. The summed E-state index contributed by atoms with van der Waals surface area (Å²) in [6.45, 7) is 2.82. The van der Waals surface area contributed by atoms with E-state index < -0.39 is 0 Å². The molecule has 0 saturated heterocycles. The van der Waals surface area contributed by atoms with Gasteiger partial charge in [0.1, 0.15) is 0 Å². The molecule has 1 aromatic heterocycles. The summed E-state index contributed by atoms with van der Waals surface area (Å²) in [5.74, 6) is 0. The minimum Gasteiger partial charge on any atom is -0.377 e. The highest BCUT2D eigenvalue weighted by Crippen LogP contribution is 2.09. The third kappa shape index (κ3) is 2.01. The molecule has 3 heteroatoms. The van der Waals surface area contributed by atoms with E-state index >= 15 is 0 Å². The first-order chi connectivity index (χ1) is 7.16. The van der Waals surface area contributed by atoms with E-state index in [1.807, 2.05) is 44.6 Å². The largest absolute Gasteiger partial charge is 0.377 e. The van der Waals surface area contributed by atoms with Crippen molar-refractivity contribution in [1.82, 2.24) is 9.47 Å². The Morgan fingerprint density at radius 3 is 2.80 bits per heavy atom. The van der Waals surface area contributed by atoms with Gasteiger partial charge in [-0.05, 0) is 24.6 Å². The molecular weight excluding hydrogens is 188 g/mol. The van der Waals surface area contributed by atoms with Crippen LogP contribution in [-0.4, -0.2) is 23.1 Å². The van der Waals surface area contributed by atoms with Crippen molar-refractivity contribution < 1.29 is 0 Å². The van der Waals surface area contributed by atoms with Gasteiger partial charge in [0, 0.05) is 37.8 Å². The van der Waals surface area contributed by atoms with Gasteiger partial charge in [0.25, 0.3) is 5.56 Å². The molecule has 0 fully saturated rings. The van der Waals surface area contributed by atoms with Crippen molar-refractivity contribution in [2.75, 3.05) is 13.6 Å². The number of likely N-dealkylation sites (N-methyl/N-ethyl adjacent to an activating group) is 1. The van der Waals surface area contributed by atoms with Crippen LogP contribution in [0.25, 0.3) is 5.70 Å². The molecule has 3 nitrogen and oxygen atoms in total. The van der Waals surface area contributed by atoms with Crippen LogP contribution in [0.1, 0.15) is 5.56 Å². The van der Waals surface area contributed by atoms with Crippen LogP contribution in [0.4, 0.5) is 0 Å². The standard InChI is InChI=1S/C12H14N2O/c1-10-3-4-12(15)14(9-10)11-5-7-13(2)8-6-11/h3-7,9H,8H2,1-2H3. The van der Waals surface area contributed by atoms with E-state index in [0.29, 0.717) is 0 Å². The number of pyridine rings is 1. The molecule has 0 saturated carbocycles. The Bertz CT molecular complexity index is 483. The van der Waals surface area contributed by atoms with E-state index in [2.05, 4.69) is 4.90 Å². The lowest BCUT2D eigenvalue weighted by atomic mass is 10.2. The molecule has 0 aliphatic carbocycles. The van der Waals surface area contributed by atoms with Crippen molar-refractivity contribution in [2.24, 2.45) is 0 Å². The highest BCUT2D eigenvalue weighted by molar-refractivity contribution is 5.58. The molecule has 0 amide bonds. The number of aromatic nitrogens is 1. The van der Waals surface area contributed by atoms with Crippen molar-refractivity contribution in [3.63, 3.8) is 0 Å². The fraction of sp³-hybridized carbons (Fsp3) is 0.250. The van der Waals surface area contributed by atoms with Gasteiger partial charge in [0.15, 0.2) is 0 Å². The second kappa shape index (κ2) is 3.77. The minimum atomic E-state index is 0.0149. The molecule has 0 radical (unpaired) electrons. The summed E-state index contributed by atoms with van der Waals surface area (Å²) in [6, 6.07) is 3.43. The van der Waals surface area contributed by atoms with Gasteiger partial charge in [-0.15, -0.1) is 0 Å². The van der Waals surface area contributed by atoms with Crippen LogP contribution in [0, 0.1) is 6.92 Å². The lowest BCUT2D eigenvalue weighted by Crippen LogP contribution is -2.21. The smallest absolute Gasteiger partial charge is 0.255 e. The van der Waals surface area contributed by atoms with E-state index in [1.54, 1.807) is 10.6 Å². The van der Waals surface area contributed by atoms with Gasteiger partial charge in [-0.2, -0.15) is 0 Å². The van der Waals surface area contributed by atoms with Crippen LogP contribution >= 0.6 is 0 Å². The van der Waals surface area contributed by atoms with Crippen molar-refractivity contribution in [1.29, 1.82) is 0 Å². The van der Waals surface area contributed by atoms with Gasteiger partial charge >= 0.3 is 0 Å². The Kier molecular flexibility index (Phi) is 2.46. The zero-order valence-corrected chi connectivity index (χ0v) is 8.97. The van der Waals surface area contributed by atoms with Gasteiger partial charge in [0.05, 0.1) is 0 Å². The Morgan fingerprint density at radius 2 is 2.13 bits per heavy atom. The highest BCUT2D eigenvalue weighted by Gasteiger charge is 2.04. The molecule has 0 N–H and O–H groups in total. The SMILES string of the molecule is Cc1ccc(=O)n(C2=CCN(C)C=C2)c1. The van der Waals surface area contributed by atoms with Crippen molar-refractivity contribution in [3.8, 4) is 0 Å². The van der Waals surface area contributed by atoms with E-state index in [1.165, 1.54) is 0 Å². The Hall–Kier alpha value is -1.77. The zero-order chi connectivity index (χ0) is 10.8. The van der Waals surface area contributed by atoms with E-state index in [0.717, 1.165) is 17.8 Å². The minimum absolute atomic E-state index is 0.0149. The third-order valence-electron chi connectivity index (χ3n) is 2.43. The molecule has 2 heterocycles. The van der Waals surface area contributed by atoms with Crippen LogP contribution in [0.3, 0.4) is 0 Å². The summed E-state index contributed by atoms with van der Waals surface area (Å²) in [5, 5.41) is 0. The molecule has 0 unspecified atom stereocenters. The number of rotatable bonds is 1. The van der Waals surface area contributed by atoms with Gasteiger partial charge in [0.2, 0.25) is 0 Å². The Balaban J connectivity index is 2.43. The second-order valence-electron chi connectivity index (χ2n) is 3.80. The van der Waals surface area contributed by atoms with Gasteiger partial charge in [-0.3, -0.25) is 9.36 Å². The third-order valence-corrected chi connectivity index (χ3v) is 2.43. The van der Waals surface area contributed by atoms with Crippen LogP contribution in [0.15, 0.2) is 41.5 Å². The first-order valence-corrected chi connectivity index (χ1v) is 4.95. The van der Waals surface area contributed by atoms with Crippen molar-refractivity contribution in [3.05, 3.63) is 52.6 Å². The summed E-state index contributed by atoms with van der Waals surface area (Å²) in [4.78, 5) is 13.7. The molecule has 0 bridgehead atoms. The lowest BCUT2D eigenvalue weighted by Gasteiger charge is -2.18. The summed E-state index contributed by atoms with van der Waals surface area (Å²) in [6.07, 6.45) is 7.83. The molecule has 1 aliphatic rings. The Morgan fingerprint density at radius 1 is 1.33 bits per heavy atom. The summed E-state index contributed by atoms with van der Waals surface area (Å²) < 4.78 is 1.68. The number of aryl methyl sites for hydroxylation is 1. The highest BCUT2D eigenvalue weighted by atomic mass is 16.1. The average molecular weight is 202 g/mol. The topological polar surface area (TPSA) is 25.2 Å². The van der Waals surface area contributed by atoms with Crippen molar-refractivity contribution in [2.45, 2.75) is 6.92 Å². The number of hydrogen-bond donors (Lipinski definition) is 0. The van der Waals surface area contributed by atoms with E-state index in [4.69, 9.17) is 0 Å². The number of nitrogens with zero attached hydrogens (tertiary/aromatic N) is 2. The molecule has 78 valence electrons. The molecule has 0 aromatic carbocycles. The van der Waals surface area contributed by atoms with E-state index in [-0.39, 0.29) is 5.56 Å². The first kappa shape index (κ1) is 9.77. The maximum absolute atomic E-state index is 11.6. The second-order valence-corrected chi connectivity index (χ2v) is 3.80. The van der Waals surface area contributed by atoms with Gasteiger partial charge in [-0.25, -0.2) is 0 Å². The number of hydrogen-bond acceptors (Lipinski definition) is 2. The molecule has 2 rings (SSSR count). The fourth-order valence-corrected chi connectivity index (χ4v) is 1.54. The summed E-state index contributed by atoms with van der Waals surface area (Å²) >= 11 is 0. The monoisotopic (exact) mass is 202 g/mol. The van der Waals surface area contributed by atoms with Crippen molar-refractivity contribution >= 4 is 5.70 Å². The maximum Gasteiger partial charge on any atom is 0.255 e. The van der Waals surface area contributed by atoms with Crippen LogP contribution in [-0.2, 0) is 0 Å². The summed E-state index contributed by atoms with van der Waals surface area (Å²) in [7, 11) is 2.00. The Labute approximate surface area is 89.0 Å². The molecule has 15 heavy (non-hydrogen) atoms. The molecular formula is C12H14N2O. The molecule has 0 atom stereocenters. The fourth-order valence-electron chi connectivity index (χ4n) is 1.54. The maximum atomic E-state index is 11.6. The quantitative estimate of drug-likeness (QED) is 0.688. The molecule has 1 aromatic rings.